The molecule has 0 radical (unpaired) electrons. The van der Waals surface area contributed by atoms with Crippen molar-refractivity contribution in [1.82, 2.24) is 0 Å². The molecule has 0 saturated carbocycles. The smallest absolute Gasteiger partial charge is 0.545 e. The Morgan fingerprint density at radius 3 is 1.44 bits per heavy atom. The summed E-state index contributed by atoms with van der Waals surface area (Å²) < 4.78 is 0. The Morgan fingerprint density at radius 1 is 0.875 bits per heavy atom. The van der Waals surface area contributed by atoms with Gasteiger partial charge in [-0.1, -0.05) is 0 Å². The zero-order valence-electron chi connectivity index (χ0n) is 8.26. The van der Waals surface area contributed by atoms with Crippen LogP contribution in [-0.2, 0) is 0 Å². The van der Waals surface area contributed by atoms with Crippen LogP contribution in [0.15, 0.2) is 18.2 Å². The quantitative estimate of drug-likeness (QED) is 0.535. The van der Waals surface area contributed by atoms with Crippen LogP contribution in [0.5, 0.6) is 0 Å². The zero-order chi connectivity index (χ0) is 11.6. The standard InChI is InChI=1S/C9H6O6.K/c10-7(11)4-1-5(8(12)13)3-6(2-4)9(14)15;/h1-3H,(H,10,11)(H,12,13)(H,14,15);/q;+1/p-1. The molecule has 0 saturated heterocycles. The number of hydrogen-bond acceptors (Lipinski definition) is 4. The van der Waals surface area contributed by atoms with E-state index in [0.717, 1.165) is 18.2 Å². The Bertz CT molecular complexity index is 374. The number of benzene rings is 1. The van der Waals surface area contributed by atoms with Gasteiger partial charge in [0.1, 0.15) is 0 Å². The third-order valence-electron chi connectivity index (χ3n) is 1.66. The van der Waals surface area contributed by atoms with E-state index in [1.165, 1.54) is 0 Å². The SMILES string of the molecule is O=C([O-])c1cc(C(=O)O)cc(C(=O)O)c1.[K+]. The van der Waals surface area contributed by atoms with E-state index >= 15 is 0 Å². The fraction of sp³-hybridized carbons (Fsp3) is 0. The molecule has 6 nitrogen and oxygen atoms in total. The van der Waals surface area contributed by atoms with Crippen LogP contribution in [0.4, 0.5) is 0 Å². The largest absolute Gasteiger partial charge is 1.00 e. The third-order valence-corrected chi connectivity index (χ3v) is 1.66. The molecule has 0 aliphatic rings. The Hall–Kier alpha value is -0.734. The number of aromatic carboxylic acids is 3. The first kappa shape index (κ1) is 15.3. The van der Waals surface area contributed by atoms with Crippen molar-refractivity contribution in [3.8, 4) is 0 Å². The maximum absolute atomic E-state index is 10.5. The maximum Gasteiger partial charge on any atom is 1.00 e. The maximum atomic E-state index is 10.5. The second-order valence-corrected chi connectivity index (χ2v) is 2.70. The van der Waals surface area contributed by atoms with Gasteiger partial charge in [-0.3, -0.25) is 0 Å². The van der Waals surface area contributed by atoms with Crippen molar-refractivity contribution in [3.63, 3.8) is 0 Å². The number of carboxylic acids is 3. The first-order valence-electron chi connectivity index (χ1n) is 3.75. The van der Waals surface area contributed by atoms with Crippen molar-refractivity contribution >= 4 is 17.9 Å². The van der Waals surface area contributed by atoms with E-state index in [1.54, 1.807) is 0 Å². The average Bonchev–Trinajstić information content (AvgIpc) is 2.16. The summed E-state index contributed by atoms with van der Waals surface area (Å²) >= 11 is 0. The van der Waals surface area contributed by atoms with Crippen LogP contribution in [0.1, 0.15) is 31.1 Å². The van der Waals surface area contributed by atoms with Crippen molar-refractivity contribution < 1.29 is 81.1 Å². The van der Waals surface area contributed by atoms with Crippen LogP contribution in [0.3, 0.4) is 0 Å². The van der Waals surface area contributed by atoms with E-state index in [-0.39, 0.29) is 51.4 Å². The van der Waals surface area contributed by atoms with E-state index in [0.29, 0.717) is 0 Å². The second kappa shape index (κ2) is 6.11. The number of carbonyl (C=O) groups excluding carboxylic acids is 1. The molecule has 1 aromatic carbocycles. The van der Waals surface area contributed by atoms with Gasteiger partial charge in [0, 0.05) is 0 Å². The molecular formula is C9H5KO6. The van der Waals surface area contributed by atoms with Crippen molar-refractivity contribution in [2.75, 3.05) is 0 Å². The van der Waals surface area contributed by atoms with Gasteiger partial charge in [0.05, 0.1) is 17.1 Å². The molecule has 1 aromatic rings. The first-order chi connectivity index (χ1) is 6.91. The predicted molar refractivity (Wildman–Crippen MR) is 44.7 cm³/mol. The van der Waals surface area contributed by atoms with E-state index in [1.807, 2.05) is 0 Å². The molecule has 0 aromatic heterocycles. The normalized spacial score (nSPS) is 9.00. The molecule has 0 fully saturated rings. The topological polar surface area (TPSA) is 115 Å². The molecule has 0 aliphatic carbocycles. The van der Waals surface area contributed by atoms with Crippen molar-refractivity contribution in [3.05, 3.63) is 34.9 Å². The Morgan fingerprint density at radius 2 is 1.19 bits per heavy atom. The van der Waals surface area contributed by atoms with Crippen LogP contribution in [0.2, 0.25) is 0 Å². The molecule has 0 amide bonds. The average molecular weight is 248 g/mol. The zero-order valence-corrected chi connectivity index (χ0v) is 11.4. The second-order valence-electron chi connectivity index (χ2n) is 2.70. The fourth-order valence-electron chi connectivity index (χ4n) is 0.992. The van der Waals surface area contributed by atoms with E-state index in [4.69, 9.17) is 10.2 Å². The van der Waals surface area contributed by atoms with Crippen LogP contribution in [0, 0.1) is 0 Å². The van der Waals surface area contributed by atoms with Gasteiger partial charge in [-0.2, -0.15) is 0 Å². The summed E-state index contributed by atoms with van der Waals surface area (Å²) in [6.45, 7) is 0. The summed E-state index contributed by atoms with van der Waals surface area (Å²) in [4.78, 5) is 31.5. The monoisotopic (exact) mass is 248 g/mol. The predicted octanol–water partition coefficient (Wildman–Crippen LogP) is -3.55. The summed E-state index contributed by atoms with van der Waals surface area (Å²) in [5, 5.41) is 27.6. The molecule has 16 heavy (non-hydrogen) atoms. The number of carboxylic acid groups (broad SMARTS) is 3. The van der Waals surface area contributed by atoms with Crippen LogP contribution in [-0.4, -0.2) is 28.1 Å². The van der Waals surface area contributed by atoms with Gasteiger partial charge in [-0.05, 0) is 23.8 Å². The van der Waals surface area contributed by atoms with Crippen LogP contribution in [0.25, 0.3) is 0 Å². The van der Waals surface area contributed by atoms with Crippen molar-refractivity contribution in [2.24, 2.45) is 0 Å². The summed E-state index contributed by atoms with van der Waals surface area (Å²) in [5.41, 5.74) is -1.30. The van der Waals surface area contributed by atoms with Gasteiger partial charge in [0.15, 0.2) is 0 Å². The molecule has 0 bridgehead atoms. The van der Waals surface area contributed by atoms with Crippen molar-refractivity contribution in [2.45, 2.75) is 0 Å². The molecule has 2 N–H and O–H groups in total. The van der Waals surface area contributed by atoms with Crippen LogP contribution < -0.4 is 56.5 Å². The Kier molecular flexibility index (Phi) is 5.83. The molecule has 0 spiro atoms. The summed E-state index contributed by atoms with van der Waals surface area (Å²) in [7, 11) is 0. The van der Waals surface area contributed by atoms with Gasteiger partial charge in [0.2, 0.25) is 0 Å². The van der Waals surface area contributed by atoms with Gasteiger partial charge in [-0.25, -0.2) is 9.59 Å². The van der Waals surface area contributed by atoms with E-state index < -0.39 is 34.6 Å². The first-order valence-corrected chi connectivity index (χ1v) is 3.75. The fourth-order valence-corrected chi connectivity index (χ4v) is 0.992. The molecule has 7 heteroatoms. The molecule has 78 valence electrons. The Labute approximate surface area is 132 Å². The summed E-state index contributed by atoms with van der Waals surface area (Å²) in [5.74, 6) is -4.43. The minimum atomic E-state index is -1.62. The molecule has 0 unspecified atom stereocenters. The minimum absolute atomic E-state index is 0. The number of carbonyl (C=O) groups is 3. The minimum Gasteiger partial charge on any atom is -0.545 e. The molecule has 0 aliphatic heterocycles. The summed E-state index contributed by atoms with van der Waals surface area (Å²) in [6, 6.07) is 2.55. The summed E-state index contributed by atoms with van der Waals surface area (Å²) in [6.07, 6.45) is 0. The number of hydrogen-bond donors (Lipinski definition) is 2. The van der Waals surface area contributed by atoms with Gasteiger partial charge >= 0.3 is 63.3 Å². The van der Waals surface area contributed by atoms with Gasteiger partial charge in [-0.15, -0.1) is 0 Å². The molecule has 0 atom stereocenters. The Balaban J connectivity index is 0.00000225. The molecule has 1 rings (SSSR count). The molecule has 0 heterocycles. The number of rotatable bonds is 3. The third kappa shape index (κ3) is 3.69. The van der Waals surface area contributed by atoms with E-state index in [2.05, 4.69) is 0 Å². The van der Waals surface area contributed by atoms with Gasteiger partial charge in [0.25, 0.3) is 0 Å². The van der Waals surface area contributed by atoms with E-state index in [9.17, 15) is 19.5 Å². The van der Waals surface area contributed by atoms with Gasteiger partial charge < -0.3 is 20.1 Å². The van der Waals surface area contributed by atoms with Crippen LogP contribution >= 0.6 is 0 Å². The van der Waals surface area contributed by atoms with Crippen molar-refractivity contribution in [1.29, 1.82) is 0 Å². The molecular weight excluding hydrogens is 243 g/mol.